The highest BCUT2D eigenvalue weighted by Gasteiger charge is 2.27. The normalized spacial score (nSPS) is 14.2. The fraction of sp³-hybridized carbons (Fsp3) is 0.125. The zero-order valence-electron chi connectivity index (χ0n) is 17.2. The van der Waals surface area contributed by atoms with Gasteiger partial charge in [-0.1, -0.05) is 24.3 Å². The average Bonchev–Trinajstić information content (AvgIpc) is 2.84. The fourth-order valence-electron chi connectivity index (χ4n) is 3.15. The Morgan fingerprint density at radius 3 is 2.31 bits per heavy atom. The number of methoxy groups -OCH3 is 1. The lowest BCUT2D eigenvalue weighted by Gasteiger charge is -2.25. The molecule has 0 bridgehead atoms. The monoisotopic (exact) mass is 432 g/mol. The van der Waals surface area contributed by atoms with E-state index in [4.69, 9.17) is 14.2 Å². The van der Waals surface area contributed by atoms with E-state index in [-0.39, 0.29) is 18.1 Å². The van der Waals surface area contributed by atoms with Crippen LogP contribution in [0, 0.1) is 0 Å². The second kappa shape index (κ2) is 9.22. The summed E-state index contributed by atoms with van der Waals surface area (Å²) < 4.78 is 16.0. The molecule has 4 rings (SSSR count). The van der Waals surface area contributed by atoms with Crippen molar-refractivity contribution in [1.29, 1.82) is 0 Å². The van der Waals surface area contributed by atoms with Gasteiger partial charge in [-0.15, -0.1) is 0 Å². The van der Waals surface area contributed by atoms with E-state index in [1.165, 1.54) is 7.11 Å². The number of hydrogen-bond donors (Lipinski definition) is 2. The Morgan fingerprint density at radius 1 is 0.875 bits per heavy atom. The third kappa shape index (κ3) is 4.54. The second-order valence-electron chi connectivity index (χ2n) is 6.92. The Balaban J connectivity index is 1.39. The summed E-state index contributed by atoms with van der Waals surface area (Å²) in [7, 11) is 1.27. The first-order valence-corrected chi connectivity index (χ1v) is 9.83. The second-order valence-corrected chi connectivity index (χ2v) is 6.92. The molecule has 162 valence electrons. The maximum absolute atomic E-state index is 12.6. The van der Waals surface area contributed by atoms with Crippen molar-refractivity contribution in [1.82, 2.24) is 0 Å². The molecule has 1 unspecified atom stereocenters. The predicted molar refractivity (Wildman–Crippen MR) is 117 cm³/mol. The Kier molecular flexibility index (Phi) is 6.03. The smallest absolute Gasteiger partial charge is 0.339 e. The number of esters is 1. The van der Waals surface area contributed by atoms with Crippen LogP contribution in [0.15, 0.2) is 72.8 Å². The Labute approximate surface area is 184 Å². The Hall–Kier alpha value is -4.33. The maximum Gasteiger partial charge on any atom is 0.339 e. The van der Waals surface area contributed by atoms with Crippen LogP contribution in [0.3, 0.4) is 0 Å². The van der Waals surface area contributed by atoms with Gasteiger partial charge in [0.15, 0.2) is 11.5 Å². The molecule has 2 amide bonds. The molecule has 8 nitrogen and oxygen atoms in total. The summed E-state index contributed by atoms with van der Waals surface area (Å²) in [5.74, 6) is -0.196. The minimum atomic E-state index is -0.789. The zero-order chi connectivity index (χ0) is 22.5. The molecule has 1 atom stereocenters. The van der Waals surface area contributed by atoms with Crippen LogP contribution in [0.1, 0.15) is 20.7 Å². The van der Waals surface area contributed by atoms with Gasteiger partial charge in [0.1, 0.15) is 6.61 Å². The number of amides is 2. The van der Waals surface area contributed by atoms with Gasteiger partial charge in [0.25, 0.3) is 11.8 Å². The molecule has 0 aliphatic carbocycles. The van der Waals surface area contributed by atoms with Crippen molar-refractivity contribution in [3.8, 4) is 11.5 Å². The molecule has 0 fully saturated rings. The number of benzene rings is 3. The number of fused-ring (bicyclic) bond motifs is 1. The van der Waals surface area contributed by atoms with Crippen LogP contribution in [-0.4, -0.2) is 37.6 Å². The van der Waals surface area contributed by atoms with Gasteiger partial charge in [0, 0.05) is 11.3 Å². The van der Waals surface area contributed by atoms with E-state index in [0.29, 0.717) is 28.4 Å². The maximum atomic E-state index is 12.6. The fourth-order valence-corrected chi connectivity index (χ4v) is 3.15. The number of nitrogens with one attached hydrogen (secondary N) is 2. The Morgan fingerprint density at radius 2 is 1.56 bits per heavy atom. The summed E-state index contributed by atoms with van der Waals surface area (Å²) in [6, 6.07) is 20.1. The van der Waals surface area contributed by atoms with Gasteiger partial charge >= 0.3 is 5.97 Å². The minimum absolute atomic E-state index is 0.100. The number of anilines is 2. The van der Waals surface area contributed by atoms with Crippen molar-refractivity contribution in [2.75, 3.05) is 24.4 Å². The van der Waals surface area contributed by atoms with Crippen molar-refractivity contribution >= 4 is 29.2 Å². The lowest BCUT2D eigenvalue weighted by molar-refractivity contribution is -0.125. The van der Waals surface area contributed by atoms with E-state index in [9.17, 15) is 14.4 Å². The topological polar surface area (TPSA) is 103 Å². The van der Waals surface area contributed by atoms with Crippen LogP contribution < -0.4 is 20.1 Å². The molecule has 2 N–H and O–H groups in total. The van der Waals surface area contributed by atoms with E-state index in [2.05, 4.69) is 10.6 Å². The molecule has 8 heteroatoms. The van der Waals surface area contributed by atoms with Gasteiger partial charge < -0.3 is 24.8 Å². The number of rotatable bonds is 5. The SMILES string of the molecule is COC(=O)c1ccccc1NC(=O)c1ccc(NC(=O)C2COc3ccccc3O2)cc1. The molecule has 1 heterocycles. The largest absolute Gasteiger partial charge is 0.485 e. The van der Waals surface area contributed by atoms with Gasteiger partial charge in [-0.3, -0.25) is 9.59 Å². The molecular weight excluding hydrogens is 412 g/mol. The van der Waals surface area contributed by atoms with E-state index >= 15 is 0 Å². The summed E-state index contributed by atoms with van der Waals surface area (Å²) in [6.45, 7) is 0.100. The van der Waals surface area contributed by atoms with Crippen LogP contribution in [0.5, 0.6) is 11.5 Å². The molecule has 0 saturated carbocycles. The molecule has 0 spiro atoms. The van der Waals surface area contributed by atoms with E-state index in [1.807, 2.05) is 6.07 Å². The van der Waals surface area contributed by atoms with Crippen LogP contribution >= 0.6 is 0 Å². The first-order valence-electron chi connectivity index (χ1n) is 9.83. The van der Waals surface area contributed by atoms with Crippen LogP contribution in [0.4, 0.5) is 11.4 Å². The average molecular weight is 432 g/mol. The summed E-state index contributed by atoms with van der Waals surface area (Å²) in [6.07, 6.45) is -0.789. The van der Waals surface area contributed by atoms with Crippen molar-refractivity contribution in [2.45, 2.75) is 6.10 Å². The van der Waals surface area contributed by atoms with Crippen molar-refractivity contribution in [3.63, 3.8) is 0 Å². The molecule has 32 heavy (non-hydrogen) atoms. The highest BCUT2D eigenvalue weighted by Crippen LogP contribution is 2.31. The molecule has 0 aromatic heterocycles. The molecule has 0 radical (unpaired) electrons. The number of carbonyl (C=O) groups is 3. The van der Waals surface area contributed by atoms with Gasteiger partial charge in [-0.25, -0.2) is 4.79 Å². The van der Waals surface area contributed by atoms with Gasteiger partial charge in [-0.05, 0) is 48.5 Å². The molecular formula is C24H20N2O6. The first kappa shape index (κ1) is 20.9. The number of carbonyl (C=O) groups excluding carboxylic acids is 3. The highest BCUT2D eigenvalue weighted by molar-refractivity contribution is 6.08. The third-order valence-electron chi connectivity index (χ3n) is 4.80. The van der Waals surface area contributed by atoms with Crippen LogP contribution in [0.2, 0.25) is 0 Å². The lowest BCUT2D eigenvalue weighted by Crippen LogP contribution is -2.40. The quantitative estimate of drug-likeness (QED) is 0.598. The molecule has 0 saturated heterocycles. The minimum Gasteiger partial charge on any atom is -0.485 e. The zero-order valence-corrected chi connectivity index (χ0v) is 17.2. The van der Waals surface area contributed by atoms with E-state index in [1.54, 1.807) is 66.7 Å². The number of ether oxygens (including phenoxy) is 3. The van der Waals surface area contributed by atoms with Crippen molar-refractivity contribution < 1.29 is 28.6 Å². The summed E-state index contributed by atoms with van der Waals surface area (Å²) >= 11 is 0. The highest BCUT2D eigenvalue weighted by atomic mass is 16.6. The summed E-state index contributed by atoms with van der Waals surface area (Å²) in [5, 5.41) is 5.45. The summed E-state index contributed by atoms with van der Waals surface area (Å²) in [5.41, 5.74) is 1.46. The molecule has 3 aromatic carbocycles. The number of hydrogen-bond acceptors (Lipinski definition) is 6. The third-order valence-corrected chi connectivity index (χ3v) is 4.80. The molecule has 3 aromatic rings. The van der Waals surface area contributed by atoms with Gasteiger partial charge in [0.2, 0.25) is 6.10 Å². The van der Waals surface area contributed by atoms with E-state index in [0.717, 1.165) is 0 Å². The first-order chi connectivity index (χ1) is 15.5. The van der Waals surface area contributed by atoms with Crippen molar-refractivity contribution in [3.05, 3.63) is 83.9 Å². The van der Waals surface area contributed by atoms with Crippen molar-refractivity contribution in [2.24, 2.45) is 0 Å². The van der Waals surface area contributed by atoms with Gasteiger partial charge in [0.05, 0.1) is 18.4 Å². The summed E-state index contributed by atoms with van der Waals surface area (Å²) in [4.78, 5) is 37.0. The van der Waals surface area contributed by atoms with Gasteiger partial charge in [-0.2, -0.15) is 0 Å². The molecule has 1 aliphatic heterocycles. The van der Waals surface area contributed by atoms with E-state index < -0.39 is 18.0 Å². The van der Waals surface area contributed by atoms with Crippen LogP contribution in [0.25, 0.3) is 0 Å². The Bertz CT molecular complexity index is 1160. The lowest BCUT2D eigenvalue weighted by atomic mass is 10.1. The molecule has 1 aliphatic rings. The number of para-hydroxylation sites is 3. The standard InChI is InChI=1S/C24H20N2O6/c1-30-24(29)17-6-2-3-7-18(17)26-22(27)15-10-12-16(13-11-15)25-23(28)21-14-31-19-8-4-5-9-20(19)32-21/h2-13,21H,14H2,1H3,(H,25,28)(H,26,27). The van der Waals surface area contributed by atoms with Crippen LogP contribution in [-0.2, 0) is 9.53 Å². The predicted octanol–water partition coefficient (Wildman–Crippen LogP) is 3.50.